The summed E-state index contributed by atoms with van der Waals surface area (Å²) in [5, 5.41) is 12.1. The first kappa shape index (κ1) is 20.3. The second-order valence-corrected chi connectivity index (χ2v) is 6.39. The van der Waals surface area contributed by atoms with Gasteiger partial charge in [-0.1, -0.05) is 41.9 Å². The zero-order valence-electron chi connectivity index (χ0n) is 15.0. The highest BCUT2D eigenvalue weighted by molar-refractivity contribution is 6.33. The molecule has 29 heavy (non-hydrogen) atoms. The van der Waals surface area contributed by atoms with Gasteiger partial charge in [-0.3, -0.25) is 4.79 Å². The molecule has 0 aliphatic heterocycles. The van der Waals surface area contributed by atoms with Crippen LogP contribution in [0, 0.1) is 11.6 Å². The highest BCUT2D eigenvalue weighted by Crippen LogP contribution is 2.32. The first-order valence-corrected chi connectivity index (χ1v) is 8.66. The van der Waals surface area contributed by atoms with E-state index in [1.165, 1.54) is 0 Å². The van der Waals surface area contributed by atoms with Crippen molar-refractivity contribution in [3.05, 3.63) is 82.4 Å². The summed E-state index contributed by atoms with van der Waals surface area (Å²) in [6.07, 6.45) is 0. The van der Waals surface area contributed by atoms with Crippen LogP contribution in [0.2, 0.25) is 5.02 Å². The third-order valence-corrected chi connectivity index (χ3v) is 4.41. The van der Waals surface area contributed by atoms with E-state index in [4.69, 9.17) is 11.6 Å². The van der Waals surface area contributed by atoms with E-state index in [0.29, 0.717) is 11.6 Å². The number of hydrogen-bond acceptors (Lipinski definition) is 4. The van der Waals surface area contributed by atoms with E-state index in [1.807, 2.05) is 0 Å². The average Bonchev–Trinajstić information content (AvgIpc) is 2.71. The van der Waals surface area contributed by atoms with Gasteiger partial charge in [0.2, 0.25) is 0 Å². The number of halogens is 3. The summed E-state index contributed by atoms with van der Waals surface area (Å²) in [4.78, 5) is 24.3. The lowest BCUT2D eigenvalue weighted by Gasteiger charge is -2.12. The third-order valence-electron chi connectivity index (χ3n) is 4.12. The Morgan fingerprint density at radius 3 is 2.38 bits per heavy atom. The Bertz CT molecular complexity index is 1100. The van der Waals surface area contributed by atoms with Gasteiger partial charge in [0.05, 0.1) is 28.9 Å². The molecule has 0 bridgehead atoms. The largest absolute Gasteiger partial charge is 0.506 e. The van der Waals surface area contributed by atoms with Crippen molar-refractivity contribution in [2.24, 2.45) is 0 Å². The molecule has 0 saturated heterocycles. The number of hydrogen-bond donors (Lipinski definition) is 2. The number of ether oxygens (including phenoxy) is 1. The van der Waals surface area contributed by atoms with Crippen LogP contribution in [0.15, 0.2) is 54.6 Å². The van der Waals surface area contributed by atoms with Crippen molar-refractivity contribution in [3.63, 3.8) is 0 Å². The molecule has 8 heteroatoms. The maximum atomic E-state index is 14.2. The molecule has 0 fully saturated rings. The van der Waals surface area contributed by atoms with Crippen molar-refractivity contribution in [3.8, 4) is 16.9 Å². The molecule has 2 N–H and O–H groups in total. The van der Waals surface area contributed by atoms with Crippen molar-refractivity contribution < 1.29 is 28.2 Å². The number of amides is 1. The van der Waals surface area contributed by atoms with Crippen molar-refractivity contribution >= 4 is 29.2 Å². The van der Waals surface area contributed by atoms with Crippen LogP contribution >= 0.6 is 11.6 Å². The van der Waals surface area contributed by atoms with Crippen LogP contribution in [0.5, 0.6) is 5.75 Å². The van der Waals surface area contributed by atoms with Crippen LogP contribution in [0.25, 0.3) is 11.1 Å². The minimum Gasteiger partial charge on any atom is -0.506 e. The van der Waals surface area contributed by atoms with E-state index in [-0.39, 0.29) is 27.4 Å². The zero-order valence-corrected chi connectivity index (χ0v) is 15.8. The molecule has 3 aromatic carbocycles. The Morgan fingerprint density at radius 2 is 1.72 bits per heavy atom. The summed E-state index contributed by atoms with van der Waals surface area (Å²) in [6, 6.07) is 12.4. The maximum absolute atomic E-state index is 14.2. The number of esters is 1. The molecule has 3 aromatic rings. The minimum atomic E-state index is -1.01. The molecule has 0 aromatic heterocycles. The minimum absolute atomic E-state index is 0.0767. The molecular formula is C21H14ClF2NO4. The lowest BCUT2D eigenvalue weighted by atomic mass is 10.0. The molecule has 0 aliphatic rings. The van der Waals surface area contributed by atoms with Gasteiger partial charge in [0.1, 0.15) is 17.4 Å². The van der Waals surface area contributed by atoms with Crippen LogP contribution in [0.4, 0.5) is 14.5 Å². The molecule has 0 unspecified atom stereocenters. The van der Waals surface area contributed by atoms with Crippen LogP contribution in [0.3, 0.4) is 0 Å². The summed E-state index contributed by atoms with van der Waals surface area (Å²) in [6.45, 7) is 0. The van der Waals surface area contributed by atoms with Crippen LogP contribution in [-0.2, 0) is 4.74 Å². The molecule has 0 atom stereocenters. The van der Waals surface area contributed by atoms with Gasteiger partial charge in [-0.2, -0.15) is 0 Å². The van der Waals surface area contributed by atoms with Crippen molar-refractivity contribution in [1.82, 2.24) is 0 Å². The Morgan fingerprint density at radius 1 is 1.03 bits per heavy atom. The fourth-order valence-electron chi connectivity index (χ4n) is 2.68. The predicted octanol–water partition coefficient (Wildman–Crippen LogP) is 5.03. The monoisotopic (exact) mass is 417 g/mol. The number of carbonyl (C=O) groups is 2. The van der Waals surface area contributed by atoms with E-state index in [0.717, 1.165) is 25.3 Å². The van der Waals surface area contributed by atoms with E-state index in [1.54, 1.807) is 30.3 Å². The number of phenols is 1. The average molecular weight is 418 g/mol. The smallest absolute Gasteiger partial charge is 0.337 e. The maximum Gasteiger partial charge on any atom is 0.337 e. The Balaban J connectivity index is 2.00. The van der Waals surface area contributed by atoms with E-state index < -0.39 is 29.3 Å². The summed E-state index contributed by atoms with van der Waals surface area (Å²) in [5.41, 5.74) is -0.200. The first-order valence-electron chi connectivity index (χ1n) is 8.28. The summed E-state index contributed by atoms with van der Waals surface area (Å²) < 4.78 is 33.0. The number of carbonyl (C=O) groups excluding carboxylic acids is 2. The number of methoxy groups -OCH3 is 1. The van der Waals surface area contributed by atoms with E-state index in [9.17, 15) is 23.5 Å². The number of phenolic OH excluding ortho intramolecular Hbond substituents is 1. The molecule has 0 aliphatic carbocycles. The van der Waals surface area contributed by atoms with Crippen LogP contribution < -0.4 is 5.32 Å². The lowest BCUT2D eigenvalue weighted by molar-refractivity contribution is 0.0600. The highest BCUT2D eigenvalue weighted by atomic mass is 35.5. The fourth-order valence-corrected chi connectivity index (χ4v) is 2.90. The summed E-state index contributed by atoms with van der Waals surface area (Å²) in [5.74, 6) is -4.13. The van der Waals surface area contributed by atoms with Crippen LogP contribution in [0.1, 0.15) is 20.7 Å². The Labute approximate surface area is 169 Å². The predicted molar refractivity (Wildman–Crippen MR) is 104 cm³/mol. The molecule has 0 saturated carbocycles. The molecule has 5 nitrogen and oxygen atoms in total. The van der Waals surface area contributed by atoms with Gasteiger partial charge >= 0.3 is 5.97 Å². The molecule has 1 amide bonds. The number of anilines is 1. The van der Waals surface area contributed by atoms with Gasteiger partial charge in [-0.05, 0) is 23.8 Å². The van der Waals surface area contributed by atoms with Crippen LogP contribution in [-0.4, -0.2) is 24.1 Å². The number of benzene rings is 3. The van der Waals surface area contributed by atoms with Gasteiger partial charge in [0, 0.05) is 11.6 Å². The Kier molecular flexibility index (Phi) is 5.79. The topological polar surface area (TPSA) is 75.6 Å². The standard InChI is InChI=1S/C21H14ClF2NO4/c1-29-21(28)12-7-14(19(26)15(22)8-12)20(27)25-18-9-13(16(23)10-17(18)24)11-5-3-2-4-6-11/h2-10,26H,1H3,(H,25,27). The zero-order chi connectivity index (χ0) is 21.1. The second-order valence-electron chi connectivity index (χ2n) is 5.98. The lowest BCUT2D eigenvalue weighted by Crippen LogP contribution is -2.15. The molecule has 148 valence electrons. The summed E-state index contributed by atoms with van der Waals surface area (Å²) >= 11 is 5.86. The quantitative estimate of drug-likeness (QED) is 0.584. The van der Waals surface area contributed by atoms with Gasteiger partial charge < -0.3 is 15.2 Å². The van der Waals surface area contributed by atoms with Gasteiger partial charge in [0.15, 0.2) is 0 Å². The number of aromatic hydroxyl groups is 1. The molecule has 0 spiro atoms. The SMILES string of the molecule is COC(=O)c1cc(Cl)c(O)c(C(=O)Nc2cc(-c3ccccc3)c(F)cc2F)c1. The first-order chi connectivity index (χ1) is 13.8. The van der Waals surface area contributed by atoms with Crippen molar-refractivity contribution in [2.75, 3.05) is 12.4 Å². The molecular weight excluding hydrogens is 404 g/mol. The molecule has 0 radical (unpaired) electrons. The van der Waals surface area contributed by atoms with Crippen molar-refractivity contribution in [1.29, 1.82) is 0 Å². The fraction of sp³-hybridized carbons (Fsp3) is 0.0476. The second kappa shape index (κ2) is 8.28. The summed E-state index contributed by atoms with van der Waals surface area (Å²) in [7, 11) is 1.14. The number of rotatable bonds is 4. The molecule has 0 heterocycles. The third kappa shape index (κ3) is 4.20. The van der Waals surface area contributed by atoms with E-state index >= 15 is 0 Å². The van der Waals surface area contributed by atoms with Gasteiger partial charge in [-0.15, -0.1) is 0 Å². The normalized spacial score (nSPS) is 10.5. The van der Waals surface area contributed by atoms with Gasteiger partial charge in [0.25, 0.3) is 5.91 Å². The highest BCUT2D eigenvalue weighted by Gasteiger charge is 2.21. The Hall–Kier alpha value is -3.45. The van der Waals surface area contributed by atoms with Crippen molar-refractivity contribution in [2.45, 2.75) is 0 Å². The van der Waals surface area contributed by atoms with Gasteiger partial charge in [-0.25, -0.2) is 13.6 Å². The molecule has 3 rings (SSSR count). The number of nitrogens with one attached hydrogen (secondary N) is 1. The van der Waals surface area contributed by atoms with E-state index in [2.05, 4.69) is 10.1 Å².